The van der Waals surface area contributed by atoms with E-state index in [-0.39, 0.29) is 23.8 Å². The maximum atomic E-state index is 13.4. The van der Waals surface area contributed by atoms with Crippen molar-refractivity contribution in [2.75, 3.05) is 39.4 Å². The van der Waals surface area contributed by atoms with Crippen molar-refractivity contribution in [3.63, 3.8) is 0 Å². The lowest BCUT2D eigenvalue weighted by Gasteiger charge is -2.30. The van der Waals surface area contributed by atoms with Gasteiger partial charge in [-0.1, -0.05) is 0 Å². The molecule has 2 aliphatic rings. The number of aromatic nitrogens is 4. The van der Waals surface area contributed by atoms with Crippen LogP contribution in [0.5, 0.6) is 0 Å². The smallest absolute Gasteiger partial charge is 0.227 e. The van der Waals surface area contributed by atoms with Crippen LogP contribution >= 0.6 is 0 Å². The highest BCUT2D eigenvalue weighted by molar-refractivity contribution is 5.80. The first-order chi connectivity index (χ1) is 13.9. The lowest BCUT2D eigenvalue weighted by atomic mass is 9.92. The number of nitrogens with zero attached hydrogens (tertiary/aromatic N) is 6. The summed E-state index contributed by atoms with van der Waals surface area (Å²) in [6.07, 6.45) is 5.78. The maximum absolute atomic E-state index is 13.4. The van der Waals surface area contributed by atoms with E-state index in [1.54, 1.807) is 0 Å². The lowest BCUT2D eigenvalue weighted by molar-refractivity contribution is -0.139. The minimum Gasteiger partial charge on any atom is -0.378 e. The third kappa shape index (κ3) is 4.04. The highest BCUT2D eigenvalue weighted by atomic mass is 16.5. The largest absolute Gasteiger partial charge is 0.378 e. The first-order valence-electron chi connectivity index (χ1n) is 10.3. The summed E-state index contributed by atoms with van der Waals surface area (Å²) in [5.41, 5.74) is 3.11. The fourth-order valence-corrected chi connectivity index (χ4v) is 4.54. The molecule has 3 atom stereocenters. The number of likely N-dealkylation sites (tertiary alicyclic amines) is 1. The summed E-state index contributed by atoms with van der Waals surface area (Å²) in [5, 5.41) is 0. The average molecular weight is 399 g/mol. The number of ether oxygens (including phenoxy) is 1. The second-order valence-electron chi connectivity index (χ2n) is 8.20. The Bertz CT molecular complexity index is 876. The molecule has 4 rings (SSSR count). The van der Waals surface area contributed by atoms with Crippen molar-refractivity contribution in [1.82, 2.24) is 29.3 Å². The monoisotopic (exact) mass is 398 g/mol. The fraction of sp³-hybridized carbons (Fsp3) is 0.619. The van der Waals surface area contributed by atoms with Crippen molar-refractivity contribution in [2.24, 2.45) is 13.0 Å². The quantitative estimate of drug-likeness (QED) is 0.776. The van der Waals surface area contributed by atoms with Crippen LogP contribution in [-0.2, 0) is 16.6 Å². The molecule has 0 spiro atoms. The van der Waals surface area contributed by atoms with E-state index >= 15 is 0 Å². The number of hydrogen-bond acceptors (Lipinski definition) is 6. The predicted molar refractivity (Wildman–Crippen MR) is 108 cm³/mol. The van der Waals surface area contributed by atoms with Gasteiger partial charge in [-0.15, -0.1) is 0 Å². The van der Waals surface area contributed by atoms with Gasteiger partial charge in [0.2, 0.25) is 5.91 Å². The standard InChI is InChI=1S/C21H30N6O2/c1-14-17(9-22-16(3)24-14)15(2)27-10-18(20-12-25(4)13-23-20)19(11-27)21(28)26-5-7-29-8-6-26/h9,12-13,15,18-19H,5-8,10-11H2,1-4H3/t15?,18-,19-/m1/s1. The molecule has 2 aliphatic heterocycles. The minimum absolute atomic E-state index is 0.0840. The normalized spacial score (nSPS) is 24.1. The topological polar surface area (TPSA) is 76.4 Å². The Kier molecular flexibility index (Phi) is 5.65. The molecule has 0 aliphatic carbocycles. The fourth-order valence-electron chi connectivity index (χ4n) is 4.54. The van der Waals surface area contributed by atoms with E-state index in [1.807, 2.05) is 49.1 Å². The number of imidazole rings is 1. The zero-order chi connectivity index (χ0) is 20.5. The summed E-state index contributed by atoms with van der Waals surface area (Å²) in [4.78, 5) is 31.2. The van der Waals surface area contributed by atoms with Crippen LogP contribution in [0.15, 0.2) is 18.7 Å². The summed E-state index contributed by atoms with van der Waals surface area (Å²) in [7, 11) is 1.97. The maximum Gasteiger partial charge on any atom is 0.227 e. The first-order valence-corrected chi connectivity index (χ1v) is 10.3. The Hall–Kier alpha value is -2.32. The van der Waals surface area contributed by atoms with Crippen LogP contribution in [0.25, 0.3) is 0 Å². The van der Waals surface area contributed by atoms with Crippen LogP contribution in [0.2, 0.25) is 0 Å². The van der Waals surface area contributed by atoms with Gasteiger partial charge in [-0.05, 0) is 20.8 Å². The second kappa shape index (κ2) is 8.20. The number of rotatable bonds is 4. The molecule has 29 heavy (non-hydrogen) atoms. The number of aryl methyl sites for hydroxylation is 3. The van der Waals surface area contributed by atoms with Crippen molar-refractivity contribution in [2.45, 2.75) is 32.7 Å². The Morgan fingerprint density at radius 3 is 2.62 bits per heavy atom. The van der Waals surface area contributed by atoms with E-state index in [0.717, 1.165) is 29.3 Å². The Morgan fingerprint density at radius 2 is 1.97 bits per heavy atom. The summed E-state index contributed by atoms with van der Waals surface area (Å²) in [6, 6.07) is 0.143. The molecule has 2 aromatic rings. The molecular weight excluding hydrogens is 368 g/mol. The number of amides is 1. The average Bonchev–Trinajstić information content (AvgIpc) is 3.34. The van der Waals surface area contributed by atoms with Gasteiger partial charge in [-0.25, -0.2) is 15.0 Å². The van der Waals surface area contributed by atoms with E-state index in [2.05, 4.69) is 26.8 Å². The summed E-state index contributed by atoms with van der Waals surface area (Å²) < 4.78 is 7.39. The van der Waals surface area contributed by atoms with Gasteiger partial charge >= 0.3 is 0 Å². The van der Waals surface area contributed by atoms with Gasteiger partial charge in [-0.3, -0.25) is 9.69 Å². The molecule has 0 bridgehead atoms. The zero-order valence-electron chi connectivity index (χ0n) is 17.7. The molecule has 8 heteroatoms. The molecule has 1 unspecified atom stereocenters. The predicted octanol–water partition coefficient (Wildman–Crippen LogP) is 1.46. The molecule has 2 saturated heterocycles. The molecule has 0 N–H and O–H groups in total. The molecular formula is C21H30N6O2. The van der Waals surface area contributed by atoms with Crippen LogP contribution in [0.1, 0.15) is 41.7 Å². The Balaban J connectivity index is 1.59. The summed E-state index contributed by atoms with van der Waals surface area (Å²) >= 11 is 0. The van der Waals surface area contributed by atoms with Crippen molar-refractivity contribution < 1.29 is 9.53 Å². The van der Waals surface area contributed by atoms with Gasteiger partial charge in [0.05, 0.1) is 31.2 Å². The SMILES string of the molecule is Cc1ncc(C(C)N2C[C@@H](C(=O)N3CCOCC3)[C@H](c3cn(C)cn3)C2)c(C)n1. The molecule has 1 amide bonds. The van der Waals surface area contributed by atoms with Gasteiger partial charge < -0.3 is 14.2 Å². The van der Waals surface area contributed by atoms with Gasteiger partial charge in [-0.2, -0.15) is 0 Å². The van der Waals surface area contributed by atoms with Gasteiger partial charge in [0, 0.05) is 68.8 Å². The minimum atomic E-state index is -0.0999. The molecule has 0 saturated carbocycles. The molecule has 8 nitrogen and oxygen atoms in total. The van der Waals surface area contributed by atoms with E-state index in [4.69, 9.17) is 4.74 Å². The molecule has 0 aromatic carbocycles. The van der Waals surface area contributed by atoms with E-state index in [9.17, 15) is 4.79 Å². The molecule has 0 radical (unpaired) electrons. The van der Waals surface area contributed by atoms with Crippen molar-refractivity contribution in [3.05, 3.63) is 41.5 Å². The highest BCUT2D eigenvalue weighted by Gasteiger charge is 2.43. The van der Waals surface area contributed by atoms with Crippen LogP contribution < -0.4 is 0 Å². The number of carbonyl (C=O) groups is 1. The highest BCUT2D eigenvalue weighted by Crippen LogP contribution is 2.38. The Morgan fingerprint density at radius 1 is 1.21 bits per heavy atom. The van der Waals surface area contributed by atoms with Gasteiger partial charge in [0.1, 0.15) is 5.82 Å². The molecule has 2 fully saturated rings. The number of carbonyl (C=O) groups excluding carboxylic acids is 1. The number of hydrogen-bond donors (Lipinski definition) is 0. The van der Waals surface area contributed by atoms with Crippen LogP contribution in [0.3, 0.4) is 0 Å². The second-order valence-corrected chi connectivity index (χ2v) is 8.20. The molecule has 4 heterocycles. The van der Waals surface area contributed by atoms with E-state index < -0.39 is 0 Å². The van der Waals surface area contributed by atoms with Gasteiger partial charge in [0.25, 0.3) is 0 Å². The first kappa shape index (κ1) is 20.0. The third-order valence-electron chi connectivity index (χ3n) is 6.23. The Labute approximate surface area is 171 Å². The van der Waals surface area contributed by atoms with Gasteiger partial charge in [0.15, 0.2) is 0 Å². The molecule has 2 aromatic heterocycles. The van der Waals surface area contributed by atoms with Crippen molar-refractivity contribution >= 4 is 5.91 Å². The van der Waals surface area contributed by atoms with E-state index in [0.29, 0.717) is 32.8 Å². The van der Waals surface area contributed by atoms with Crippen molar-refractivity contribution in [3.8, 4) is 0 Å². The van der Waals surface area contributed by atoms with Crippen LogP contribution in [0.4, 0.5) is 0 Å². The van der Waals surface area contributed by atoms with Crippen molar-refractivity contribution in [1.29, 1.82) is 0 Å². The summed E-state index contributed by atoms with van der Waals surface area (Å²) in [6.45, 7) is 10.2. The van der Waals surface area contributed by atoms with Crippen LogP contribution in [0, 0.1) is 19.8 Å². The third-order valence-corrected chi connectivity index (χ3v) is 6.23. The zero-order valence-corrected chi connectivity index (χ0v) is 17.7. The van der Waals surface area contributed by atoms with E-state index in [1.165, 1.54) is 0 Å². The van der Waals surface area contributed by atoms with Crippen LogP contribution in [-0.4, -0.2) is 74.6 Å². The molecule has 156 valence electrons. The lowest BCUT2D eigenvalue weighted by Crippen LogP contribution is -2.45. The summed E-state index contributed by atoms with van der Waals surface area (Å²) in [5.74, 6) is 0.986. The number of morpholine rings is 1.